The third kappa shape index (κ3) is 3.93. The van der Waals surface area contributed by atoms with Crippen LogP contribution in [0.2, 0.25) is 0 Å². The normalized spacial score (nSPS) is 13.4. The van der Waals surface area contributed by atoms with Crippen molar-refractivity contribution in [2.75, 3.05) is 0 Å². The average molecular weight is 401 g/mol. The molecule has 0 aliphatic carbocycles. The molecule has 0 heterocycles. The lowest BCUT2D eigenvalue weighted by atomic mass is 10.2. The fourth-order valence-corrected chi connectivity index (χ4v) is 8.08. The highest BCUT2D eigenvalue weighted by atomic mass is 31.1. The minimum atomic E-state index is -2.01. The van der Waals surface area contributed by atoms with Gasteiger partial charge in [-0.3, -0.25) is 0 Å². The monoisotopic (exact) mass is 401 g/mol. The Morgan fingerprint density at radius 1 is 0.750 bits per heavy atom. The van der Waals surface area contributed by atoms with Gasteiger partial charge in [0.1, 0.15) is 0 Å². The molecule has 0 unspecified atom stereocenters. The lowest BCUT2D eigenvalue weighted by Gasteiger charge is -2.29. The zero-order chi connectivity index (χ0) is 19.3. The first-order valence-electron chi connectivity index (χ1n) is 9.50. The van der Waals surface area contributed by atoms with Crippen LogP contribution in [0.5, 0.6) is 0 Å². The molecule has 0 N–H and O–H groups in total. The van der Waals surface area contributed by atoms with Gasteiger partial charge in [-0.2, -0.15) is 17.7 Å². The summed E-state index contributed by atoms with van der Waals surface area (Å²) in [5, 5.41) is 4.63. The summed E-state index contributed by atoms with van der Waals surface area (Å²) in [5.74, 6) is 0. The molecular formula is C25H23OP2-. The molecule has 0 radical (unpaired) electrons. The Bertz CT molecular complexity index is 1000. The van der Waals surface area contributed by atoms with Crippen molar-refractivity contribution in [2.45, 2.75) is 12.6 Å². The zero-order valence-electron chi connectivity index (χ0n) is 15.8. The first-order valence-corrected chi connectivity index (χ1v) is 12.3. The van der Waals surface area contributed by atoms with Crippen LogP contribution in [0.25, 0.3) is 0 Å². The summed E-state index contributed by atoms with van der Waals surface area (Å²) < 4.78 is 13.3. The Morgan fingerprint density at radius 2 is 1.25 bits per heavy atom. The predicted molar refractivity (Wildman–Crippen MR) is 124 cm³/mol. The largest absolute Gasteiger partial charge is 0.331 e. The third-order valence-electron chi connectivity index (χ3n) is 5.04. The van der Waals surface area contributed by atoms with Gasteiger partial charge in [0.2, 0.25) is 0 Å². The Morgan fingerprint density at radius 3 is 1.79 bits per heavy atom. The summed E-state index contributed by atoms with van der Waals surface area (Å²) in [5.41, 5.74) is 1.49. The molecule has 28 heavy (non-hydrogen) atoms. The molecule has 0 aliphatic heterocycles. The molecule has 4 rings (SSSR count). The summed E-state index contributed by atoms with van der Waals surface area (Å²) in [6, 6.07) is 37.5. The summed E-state index contributed by atoms with van der Waals surface area (Å²) in [4.78, 5) is 0. The average Bonchev–Trinajstić information content (AvgIpc) is 3.25. The van der Waals surface area contributed by atoms with Crippen LogP contribution in [0.15, 0.2) is 109 Å². The van der Waals surface area contributed by atoms with Crippen LogP contribution in [0.1, 0.15) is 18.1 Å². The van der Waals surface area contributed by atoms with Gasteiger partial charge < -0.3 is 4.57 Å². The van der Waals surface area contributed by atoms with E-state index in [2.05, 4.69) is 79.7 Å². The molecule has 0 bridgehead atoms. The minimum Gasteiger partial charge on any atom is -0.331 e. The van der Waals surface area contributed by atoms with Gasteiger partial charge in [0.25, 0.3) is 0 Å². The molecule has 0 saturated carbocycles. The van der Waals surface area contributed by atoms with E-state index in [9.17, 15) is 4.57 Å². The Hall–Kier alpha value is -2.33. The van der Waals surface area contributed by atoms with E-state index in [0.717, 1.165) is 10.6 Å². The number of hydrogen-bond donors (Lipinski definition) is 0. The molecule has 4 aromatic rings. The van der Waals surface area contributed by atoms with E-state index in [1.807, 2.05) is 36.4 Å². The van der Waals surface area contributed by atoms with Crippen LogP contribution in [-0.2, 0) is 4.57 Å². The van der Waals surface area contributed by atoms with Crippen LogP contribution in [0.3, 0.4) is 0 Å². The summed E-state index contributed by atoms with van der Waals surface area (Å²) >= 11 is 0. The maximum Gasteiger partial charge on any atom is 0.0730 e. The third-order valence-corrected chi connectivity index (χ3v) is 9.60. The van der Waals surface area contributed by atoms with Crippen LogP contribution in [-0.4, -0.2) is 0 Å². The van der Waals surface area contributed by atoms with E-state index < -0.39 is 15.7 Å². The lowest BCUT2D eigenvalue weighted by Crippen LogP contribution is -2.18. The van der Waals surface area contributed by atoms with Crippen LogP contribution in [0, 0.1) is 0 Å². The lowest BCUT2D eigenvalue weighted by molar-refractivity contribution is 0.598. The molecule has 0 fully saturated rings. The van der Waals surface area contributed by atoms with Crippen LogP contribution >= 0.6 is 15.7 Å². The van der Waals surface area contributed by atoms with Gasteiger partial charge in [-0.15, -0.1) is 5.30 Å². The Balaban J connectivity index is 1.76. The first kappa shape index (κ1) is 19.0. The molecule has 2 atom stereocenters. The molecule has 0 aliphatic rings. The van der Waals surface area contributed by atoms with E-state index in [4.69, 9.17) is 0 Å². The SMILES string of the molecule is C[C@@H](c1[cH-]ccc1[P@@H](=O)c1ccccc1)P(c1ccccc1)c1ccccc1. The molecule has 3 heteroatoms. The second kappa shape index (κ2) is 8.78. The first-order chi connectivity index (χ1) is 13.8. The molecule has 0 amide bonds. The topological polar surface area (TPSA) is 17.1 Å². The van der Waals surface area contributed by atoms with E-state index in [0.29, 0.717) is 0 Å². The molecular weight excluding hydrogens is 378 g/mol. The predicted octanol–water partition coefficient (Wildman–Crippen LogP) is 5.11. The van der Waals surface area contributed by atoms with E-state index >= 15 is 0 Å². The second-order valence-electron chi connectivity index (χ2n) is 6.81. The van der Waals surface area contributed by atoms with Gasteiger partial charge in [-0.05, 0) is 24.2 Å². The smallest absolute Gasteiger partial charge is 0.0730 e. The molecule has 0 saturated heterocycles. The van der Waals surface area contributed by atoms with Gasteiger partial charge in [-0.1, -0.05) is 97.9 Å². The number of hydrogen-bond acceptors (Lipinski definition) is 1. The van der Waals surface area contributed by atoms with Crippen LogP contribution in [0.4, 0.5) is 0 Å². The van der Waals surface area contributed by atoms with Gasteiger partial charge in [0, 0.05) is 5.30 Å². The van der Waals surface area contributed by atoms with Gasteiger partial charge >= 0.3 is 0 Å². The summed E-state index contributed by atoms with van der Waals surface area (Å²) in [7, 11) is -2.61. The molecule has 140 valence electrons. The highest BCUT2D eigenvalue weighted by Gasteiger charge is 2.22. The highest BCUT2D eigenvalue weighted by Crippen LogP contribution is 2.49. The summed E-state index contributed by atoms with van der Waals surface area (Å²) in [6.45, 7) is 2.28. The minimum absolute atomic E-state index is 0.280. The van der Waals surface area contributed by atoms with Crippen molar-refractivity contribution in [2.24, 2.45) is 0 Å². The van der Waals surface area contributed by atoms with Gasteiger partial charge in [-0.25, -0.2) is 6.07 Å². The maximum atomic E-state index is 13.3. The molecule has 4 aromatic carbocycles. The van der Waals surface area contributed by atoms with Crippen molar-refractivity contribution < 1.29 is 4.57 Å². The van der Waals surface area contributed by atoms with Gasteiger partial charge in [0.05, 0.1) is 7.80 Å². The fourth-order valence-electron chi connectivity index (χ4n) is 3.66. The Kier molecular flexibility index (Phi) is 5.96. The standard InChI is InChI=1S/C25H23OP2/c1-20(24-18-11-19-25(24)28(26)23-16-9-4-10-17-23)27(21-12-5-2-6-13-21)22-14-7-3-8-15-22/h2-20,28H,1H3/q-1/t20-/m0/s1. The van der Waals surface area contributed by atoms with E-state index in [1.54, 1.807) is 0 Å². The highest BCUT2D eigenvalue weighted by molar-refractivity contribution is 7.73. The van der Waals surface area contributed by atoms with Crippen molar-refractivity contribution >= 4 is 36.9 Å². The number of benzene rings is 3. The van der Waals surface area contributed by atoms with Crippen molar-refractivity contribution in [3.05, 3.63) is 115 Å². The quantitative estimate of drug-likeness (QED) is 0.324. The molecule has 1 nitrogen and oxygen atoms in total. The molecule has 0 aromatic heterocycles. The fraction of sp³-hybridized carbons (Fsp3) is 0.0800. The maximum absolute atomic E-state index is 13.3. The van der Waals surface area contributed by atoms with Crippen molar-refractivity contribution in [3.8, 4) is 0 Å². The van der Waals surface area contributed by atoms with Gasteiger partial charge in [0.15, 0.2) is 0 Å². The molecule has 0 spiro atoms. The van der Waals surface area contributed by atoms with E-state index in [1.165, 1.54) is 16.2 Å². The van der Waals surface area contributed by atoms with E-state index in [-0.39, 0.29) is 5.66 Å². The number of rotatable bonds is 6. The van der Waals surface area contributed by atoms with Crippen molar-refractivity contribution in [3.63, 3.8) is 0 Å². The van der Waals surface area contributed by atoms with Crippen molar-refractivity contribution in [1.29, 1.82) is 0 Å². The zero-order valence-corrected chi connectivity index (χ0v) is 17.7. The Labute approximate surface area is 169 Å². The summed E-state index contributed by atoms with van der Waals surface area (Å²) in [6.07, 6.45) is 0. The second-order valence-corrected chi connectivity index (χ2v) is 11.1. The van der Waals surface area contributed by atoms with Crippen LogP contribution < -0.4 is 21.2 Å². The van der Waals surface area contributed by atoms with Crippen molar-refractivity contribution in [1.82, 2.24) is 0 Å².